The van der Waals surface area contributed by atoms with Crippen LogP contribution >= 0.6 is 0 Å². The van der Waals surface area contributed by atoms with Gasteiger partial charge in [0.15, 0.2) is 12.4 Å². The van der Waals surface area contributed by atoms with E-state index in [2.05, 4.69) is 10.1 Å². The molecule has 1 heterocycles. The van der Waals surface area contributed by atoms with Crippen LogP contribution < -0.4 is 5.32 Å². The number of methoxy groups -OCH3 is 1. The zero-order chi connectivity index (χ0) is 17.7. The molecule has 0 aromatic heterocycles. The van der Waals surface area contributed by atoms with E-state index in [0.29, 0.717) is 0 Å². The monoisotopic (exact) mass is 341 g/mol. The number of benzene rings is 1. The minimum absolute atomic E-state index is 0.0141. The van der Waals surface area contributed by atoms with Gasteiger partial charge in [-0.1, -0.05) is 30.3 Å². The van der Waals surface area contributed by atoms with Crippen molar-refractivity contribution in [3.63, 3.8) is 0 Å². The molecule has 0 spiro atoms. The molecule has 9 heteroatoms. The Labute approximate surface area is 137 Å². The average Bonchev–Trinajstić information content (AvgIpc) is 2.60. The molecule has 4 N–H and O–H groups in total. The number of alkyl carbamates (subject to hydrolysis) is 1. The van der Waals surface area contributed by atoms with Gasteiger partial charge in [0.1, 0.15) is 24.9 Å². The molecule has 1 aliphatic rings. The van der Waals surface area contributed by atoms with E-state index in [1.54, 1.807) is 24.3 Å². The highest BCUT2D eigenvalue weighted by molar-refractivity contribution is 5.75. The van der Waals surface area contributed by atoms with Crippen LogP contribution in [0.15, 0.2) is 30.3 Å². The maximum Gasteiger partial charge on any atom is 0.407 e. The summed E-state index contributed by atoms with van der Waals surface area (Å²) in [6, 6.07) is 7.51. The van der Waals surface area contributed by atoms with Crippen LogP contribution in [0.4, 0.5) is 4.79 Å². The predicted octanol–water partition coefficient (Wildman–Crippen LogP) is -1.11. The van der Waals surface area contributed by atoms with Gasteiger partial charge in [0.25, 0.3) is 0 Å². The highest BCUT2D eigenvalue weighted by Crippen LogP contribution is 2.21. The average molecular weight is 341 g/mol. The van der Waals surface area contributed by atoms with Crippen molar-refractivity contribution < 1.29 is 39.1 Å². The summed E-state index contributed by atoms with van der Waals surface area (Å²) in [6.45, 7) is -0.0141. The molecule has 0 bridgehead atoms. The Bertz CT molecular complexity index is 566. The highest BCUT2D eigenvalue weighted by Gasteiger charge is 2.48. The number of amides is 1. The zero-order valence-electron chi connectivity index (χ0n) is 12.9. The molecule has 5 atom stereocenters. The SMILES string of the molecule is COC(=O)[C@H]1O[C@@H](O)[C@H](NC(=O)OCc2ccccc2)[C@@H](O)[C@@H]1O. The van der Waals surface area contributed by atoms with Crippen LogP contribution in [0.2, 0.25) is 0 Å². The van der Waals surface area contributed by atoms with Gasteiger partial charge in [-0.15, -0.1) is 0 Å². The molecule has 132 valence electrons. The molecule has 0 unspecified atom stereocenters. The summed E-state index contributed by atoms with van der Waals surface area (Å²) in [5.74, 6) is -0.953. The van der Waals surface area contributed by atoms with Crippen molar-refractivity contribution in [3.05, 3.63) is 35.9 Å². The first-order valence-electron chi connectivity index (χ1n) is 7.18. The predicted molar refractivity (Wildman–Crippen MR) is 78.5 cm³/mol. The van der Waals surface area contributed by atoms with Crippen LogP contribution in [0.5, 0.6) is 0 Å². The summed E-state index contributed by atoms with van der Waals surface area (Å²) in [4.78, 5) is 23.2. The number of aliphatic hydroxyl groups is 3. The summed E-state index contributed by atoms with van der Waals surface area (Å²) in [5.41, 5.74) is 0.749. The first-order chi connectivity index (χ1) is 11.4. The van der Waals surface area contributed by atoms with Gasteiger partial charge in [0, 0.05) is 0 Å². The number of hydrogen-bond donors (Lipinski definition) is 4. The fourth-order valence-corrected chi connectivity index (χ4v) is 2.24. The molecule has 1 saturated heterocycles. The number of carbonyl (C=O) groups excluding carboxylic acids is 2. The van der Waals surface area contributed by atoms with E-state index in [4.69, 9.17) is 9.47 Å². The van der Waals surface area contributed by atoms with Crippen LogP contribution in [0.25, 0.3) is 0 Å². The number of carbonyl (C=O) groups is 2. The topological polar surface area (TPSA) is 135 Å². The third kappa shape index (κ3) is 4.20. The number of ether oxygens (including phenoxy) is 3. The van der Waals surface area contributed by atoms with Gasteiger partial charge < -0.3 is 34.8 Å². The Morgan fingerprint density at radius 3 is 2.46 bits per heavy atom. The fourth-order valence-electron chi connectivity index (χ4n) is 2.24. The van der Waals surface area contributed by atoms with Gasteiger partial charge in [0.2, 0.25) is 0 Å². The first-order valence-corrected chi connectivity index (χ1v) is 7.18. The number of rotatable bonds is 4. The molecule has 0 saturated carbocycles. The molecule has 2 rings (SSSR count). The van der Waals surface area contributed by atoms with Crippen molar-refractivity contribution >= 4 is 12.1 Å². The third-order valence-corrected chi connectivity index (χ3v) is 3.55. The molecule has 0 radical (unpaired) electrons. The number of aliphatic hydroxyl groups excluding tert-OH is 3. The summed E-state index contributed by atoms with van der Waals surface area (Å²) >= 11 is 0. The van der Waals surface area contributed by atoms with Gasteiger partial charge >= 0.3 is 12.1 Å². The van der Waals surface area contributed by atoms with Gasteiger partial charge in [0.05, 0.1) is 7.11 Å². The molecule has 1 aromatic rings. The highest BCUT2D eigenvalue weighted by atomic mass is 16.6. The quantitative estimate of drug-likeness (QED) is 0.507. The van der Waals surface area contributed by atoms with Crippen LogP contribution in [0.3, 0.4) is 0 Å². The molecule has 9 nitrogen and oxygen atoms in total. The largest absolute Gasteiger partial charge is 0.467 e. The molecule has 1 fully saturated rings. The van der Waals surface area contributed by atoms with E-state index in [9.17, 15) is 24.9 Å². The van der Waals surface area contributed by atoms with Crippen molar-refractivity contribution in [3.8, 4) is 0 Å². The second kappa shape index (κ2) is 8.06. The molecule has 0 aliphatic carbocycles. The van der Waals surface area contributed by atoms with Crippen molar-refractivity contribution in [2.24, 2.45) is 0 Å². The summed E-state index contributed by atoms with van der Waals surface area (Å²) in [7, 11) is 1.07. The summed E-state index contributed by atoms with van der Waals surface area (Å²) in [6.07, 6.45) is -7.54. The van der Waals surface area contributed by atoms with Crippen LogP contribution in [0, 0.1) is 0 Å². The molecule has 1 amide bonds. The fraction of sp³-hybridized carbons (Fsp3) is 0.467. The van der Waals surface area contributed by atoms with Gasteiger partial charge in [-0.25, -0.2) is 9.59 Å². The first kappa shape index (κ1) is 18.1. The van der Waals surface area contributed by atoms with Crippen molar-refractivity contribution in [2.45, 2.75) is 37.3 Å². The second-order valence-corrected chi connectivity index (χ2v) is 5.18. The van der Waals surface area contributed by atoms with Crippen LogP contribution in [0.1, 0.15) is 5.56 Å². The van der Waals surface area contributed by atoms with E-state index < -0.39 is 42.7 Å². The standard InChI is InChI=1S/C15H19NO8/c1-22-14(20)12-11(18)10(17)9(13(19)24-12)16-15(21)23-7-8-5-3-2-4-6-8/h2-6,9-13,17-19H,7H2,1H3,(H,16,21)/t9-,10-,11+,12+,13-/m1/s1. The van der Waals surface area contributed by atoms with Gasteiger partial charge in [-0.05, 0) is 5.56 Å². The van der Waals surface area contributed by atoms with Gasteiger partial charge in [-0.2, -0.15) is 0 Å². The Morgan fingerprint density at radius 2 is 1.83 bits per heavy atom. The Kier molecular flexibility index (Phi) is 6.10. The molecular formula is C15H19NO8. The van der Waals surface area contributed by atoms with E-state index >= 15 is 0 Å². The van der Waals surface area contributed by atoms with Crippen molar-refractivity contribution in [1.29, 1.82) is 0 Å². The number of nitrogens with one attached hydrogen (secondary N) is 1. The molecule has 1 aliphatic heterocycles. The lowest BCUT2D eigenvalue weighted by molar-refractivity contribution is -0.249. The maximum atomic E-state index is 11.8. The van der Waals surface area contributed by atoms with Crippen molar-refractivity contribution in [2.75, 3.05) is 7.11 Å². The lowest BCUT2D eigenvalue weighted by atomic mass is 9.97. The van der Waals surface area contributed by atoms with E-state index in [1.165, 1.54) is 0 Å². The normalized spacial score (nSPS) is 29.6. The minimum atomic E-state index is -1.73. The lowest BCUT2D eigenvalue weighted by Crippen LogP contribution is -2.65. The third-order valence-electron chi connectivity index (χ3n) is 3.55. The molecule has 24 heavy (non-hydrogen) atoms. The summed E-state index contributed by atoms with van der Waals surface area (Å²) in [5, 5.41) is 31.9. The van der Waals surface area contributed by atoms with Crippen molar-refractivity contribution in [1.82, 2.24) is 5.32 Å². The van der Waals surface area contributed by atoms with E-state index in [0.717, 1.165) is 12.7 Å². The molecular weight excluding hydrogens is 322 g/mol. The Balaban J connectivity index is 1.91. The van der Waals surface area contributed by atoms with E-state index in [1.807, 2.05) is 6.07 Å². The van der Waals surface area contributed by atoms with Crippen LogP contribution in [-0.4, -0.2) is 65.1 Å². The minimum Gasteiger partial charge on any atom is -0.467 e. The number of esters is 1. The lowest BCUT2D eigenvalue weighted by Gasteiger charge is -2.39. The molecule has 1 aromatic carbocycles. The Hall–Kier alpha value is -2.20. The Morgan fingerprint density at radius 1 is 1.17 bits per heavy atom. The van der Waals surface area contributed by atoms with Gasteiger partial charge in [-0.3, -0.25) is 0 Å². The maximum absolute atomic E-state index is 11.8. The number of hydrogen-bond acceptors (Lipinski definition) is 8. The van der Waals surface area contributed by atoms with Crippen LogP contribution in [-0.2, 0) is 25.6 Å². The summed E-state index contributed by atoms with van der Waals surface area (Å²) < 4.78 is 14.3. The second-order valence-electron chi connectivity index (χ2n) is 5.18. The smallest absolute Gasteiger partial charge is 0.407 e. The zero-order valence-corrected chi connectivity index (χ0v) is 12.9. The van der Waals surface area contributed by atoms with E-state index in [-0.39, 0.29) is 6.61 Å².